The lowest BCUT2D eigenvalue weighted by Crippen LogP contribution is -2.60. The predicted molar refractivity (Wildman–Crippen MR) is 372 cm³/mol. The summed E-state index contributed by atoms with van der Waals surface area (Å²) in [5.74, 6) is -3.15. The second-order valence-corrected chi connectivity index (χ2v) is 34.2. The Hall–Kier alpha value is -7.93. The first-order valence-corrected chi connectivity index (χ1v) is 34.9. The van der Waals surface area contributed by atoms with Gasteiger partial charge in [-0.05, 0) is 179 Å². The lowest BCUT2D eigenvalue weighted by molar-refractivity contribution is 0.0546. The smallest absolute Gasteiger partial charge is 0.414 e. The molecule has 3 aliphatic carbocycles. The molecule has 5 heterocycles. The minimum absolute atomic E-state index is 0. The molecule has 0 radical (unpaired) electrons. The van der Waals surface area contributed by atoms with Gasteiger partial charge in [-0.2, -0.15) is 0 Å². The highest BCUT2D eigenvalue weighted by Gasteiger charge is 2.73. The minimum atomic E-state index is -4.05. The van der Waals surface area contributed by atoms with Gasteiger partial charge in [0, 0.05) is 68.8 Å². The molecule has 24 nitrogen and oxygen atoms in total. The second kappa shape index (κ2) is 27.3. The fourth-order valence-electron chi connectivity index (χ4n) is 12.2. The normalized spacial score (nSPS) is 22.7. The number of anilines is 1. The zero-order valence-corrected chi connectivity index (χ0v) is 58.0. The van der Waals surface area contributed by atoms with Crippen molar-refractivity contribution in [2.45, 2.75) is 178 Å². The molecule has 0 unspecified atom stereocenters. The SMILES string of the molecule is C.C.C.CN1C(N)=N[C@](C)(c2cc(CC(=O)c3ccc(Cl)cn3)ccc2F)C2(CC2)S1(=O)=O.CN1C(NC(=O)OC(C)(C)C)=N[C@](C)(c2cc(CC(=O)c3ccc(Cl)cn3)ccc2F)C2(CC2)S1(=O)=O.CN1C(NC(=O)OC(C)(C)C)=N[C@](C)(c2cc(N)ccc2F)C2(CC2)S1(=O)=O. The van der Waals surface area contributed by atoms with Crippen LogP contribution in [0, 0.1) is 17.5 Å². The van der Waals surface area contributed by atoms with Gasteiger partial charge in [-0.15, -0.1) is 0 Å². The van der Waals surface area contributed by atoms with E-state index in [0.717, 1.165) is 12.9 Å². The number of carbonyl (C=O) groups excluding carboxylic acids is 4. The van der Waals surface area contributed by atoms with Crippen LogP contribution in [-0.2, 0) is 69.0 Å². The van der Waals surface area contributed by atoms with E-state index >= 15 is 4.39 Å². The number of hydrogen-bond donors (Lipinski definition) is 4. The number of benzene rings is 3. The lowest BCUT2D eigenvalue weighted by Gasteiger charge is -2.43. The number of nitrogen functional groups attached to an aromatic ring is 1. The fraction of sp³-hybridized carbons (Fsp3) is 0.470. The molecule has 98 heavy (non-hydrogen) atoms. The molecule has 32 heteroatoms. The maximum absolute atomic E-state index is 15.3. The molecule has 5 aromatic rings. The van der Waals surface area contributed by atoms with Crippen LogP contribution in [0.1, 0.15) is 172 Å². The van der Waals surface area contributed by atoms with Crippen LogP contribution < -0.4 is 22.1 Å². The van der Waals surface area contributed by atoms with E-state index in [9.17, 15) is 53.2 Å². The molecule has 2 amide bonds. The molecule has 11 rings (SSSR count). The van der Waals surface area contributed by atoms with Crippen molar-refractivity contribution >= 4 is 101 Å². The first-order chi connectivity index (χ1) is 43.8. The van der Waals surface area contributed by atoms with E-state index in [1.807, 2.05) is 0 Å². The first kappa shape index (κ1) is 79.1. The number of ketones is 2. The minimum Gasteiger partial charge on any atom is -0.444 e. The molecule has 0 bridgehead atoms. The molecular formula is C66H85Cl2F3N12O12S3. The standard InChI is InChI=1S/C25H28ClFN4O5S.C20H20ClFN4O3S.C18H25FN4O4S.3CH4/c1-23(2,3)36-22(33)29-21-30-24(4,25(10-11-25)37(34,35)31(21)5)17-12-15(6-8-18(17)27)13-20(32)19-9-7-16(26)14-28-19;1-19(20(7-8-20)30(28,29)26(2)18(23)25-19)14-9-12(3-5-15(14)22)10-17(27)16-6-4-13(21)11-24-16;1-16(2,3)27-15(24)21-14-22-17(4,12-10-11(20)6-7-13(12)19)18(8-9-18)28(25,26)23(14)5;;;/h6-9,12,14H,10-11,13H2,1-5H3,(H,29,30,33);3-6,9,11H,7-8,10H2,1-2H3,(H2,23,25);6-7,10H,8-9,20H2,1-5H3,(H,21,22,24);3*1H4/t24-;19-;17-;;;/m111.../s1. The summed E-state index contributed by atoms with van der Waals surface area (Å²) >= 11 is 11.6. The van der Waals surface area contributed by atoms with Crippen molar-refractivity contribution in [2.75, 3.05) is 26.9 Å². The van der Waals surface area contributed by atoms with Gasteiger partial charge in [0.05, 0.1) is 10.0 Å². The molecule has 3 aromatic carbocycles. The Morgan fingerprint density at radius 3 is 1.14 bits per heavy atom. The number of sulfonamides is 3. The van der Waals surface area contributed by atoms with Gasteiger partial charge in [-0.25, -0.2) is 75.9 Å². The van der Waals surface area contributed by atoms with E-state index in [2.05, 4.69) is 35.6 Å². The van der Waals surface area contributed by atoms with E-state index in [0.29, 0.717) is 52.5 Å². The van der Waals surface area contributed by atoms with Crippen molar-refractivity contribution in [3.8, 4) is 0 Å². The fourth-order valence-corrected chi connectivity index (χ4v) is 18.8. The number of nitrogens with two attached hydrogens (primary N) is 2. The Bertz CT molecular complexity index is 4430. The van der Waals surface area contributed by atoms with Crippen LogP contribution in [0.25, 0.3) is 0 Å². The number of guanidine groups is 3. The highest BCUT2D eigenvalue weighted by atomic mass is 35.5. The van der Waals surface area contributed by atoms with Gasteiger partial charge in [-0.1, -0.05) is 57.6 Å². The maximum atomic E-state index is 15.3. The summed E-state index contributed by atoms with van der Waals surface area (Å²) in [6, 6.07) is 18.4. The number of Topliss-reactive ketones (excluding diaryl/α,β-unsaturated/α-hetero) is 2. The predicted octanol–water partition coefficient (Wildman–Crippen LogP) is 11.1. The molecular weight excluding hydrogens is 1380 g/mol. The zero-order valence-electron chi connectivity index (χ0n) is 54.1. The summed E-state index contributed by atoms with van der Waals surface area (Å²) in [5.41, 5.74) is 7.55. The topological polar surface area (TPSA) is 338 Å². The number of carbonyl (C=O) groups is 4. The molecule has 3 saturated carbocycles. The zero-order chi connectivity index (χ0) is 70.4. The van der Waals surface area contributed by atoms with Gasteiger partial charge in [0.1, 0.15) is 70.9 Å². The largest absolute Gasteiger partial charge is 0.444 e. The van der Waals surface area contributed by atoms with Crippen molar-refractivity contribution in [1.29, 1.82) is 0 Å². The highest BCUT2D eigenvalue weighted by Crippen LogP contribution is 2.63. The van der Waals surface area contributed by atoms with E-state index in [1.165, 1.54) is 107 Å². The van der Waals surface area contributed by atoms with Crippen LogP contribution in [0.3, 0.4) is 0 Å². The van der Waals surface area contributed by atoms with E-state index < -0.39 is 102 Å². The monoisotopic (exact) mass is 1460 g/mol. The number of pyridine rings is 2. The van der Waals surface area contributed by atoms with Gasteiger partial charge in [0.15, 0.2) is 11.6 Å². The van der Waals surface area contributed by atoms with Crippen molar-refractivity contribution in [1.82, 2.24) is 33.5 Å². The second-order valence-electron chi connectivity index (χ2n) is 26.5. The van der Waals surface area contributed by atoms with Gasteiger partial charge in [0.2, 0.25) is 47.9 Å². The van der Waals surface area contributed by atoms with E-state index in [4.69, 9.17) is 44.1 Å². The Morgan fingerprint density at radius 2 is 0.827 bits per heavy atom. The number of alkyl carbamates (subject to hydrolysis) is 2. The number of nitrogens with zero attached hydrogens (tertiary/aromatic N) is 8. The quantitative estimate of drug-likeness (QED) is 0.0787. The van der Waals surface area contributed by atoms with Crippen LogP contribution in [0.4, 0.5) is 28.4 Å². The van der Waals surface area contributed by atoms with Crippen molar-refractivity contribution in [3.05, 3.63) is 158 Å². The number of aromatic nitrogens is 2. The summed E-state index contributed by atoms with van der Waals surface area (Å²) in [6.07, 6.45) is 2.75. The third kappa shape index (κ3) is 14.2. The van der Waals surface area contributed by atoms with Crippen LogP contribution in [0.5, 0.6) is 0 Å². The first-order valence-electron chi connectivity index (χ1n) is 29.8. The summed E-state index contributed by atoms with van der Waals surface area (Å²) < 4.78 is 134. The van der Waals surface area contributed by atoms with Crippen molar-refractivity contribution in [3.63, 3.8) is 0 Å². The molecule has 3 spiro atoms. The number of nitrogens with one attached hydrogen (secondary N) is 2. The average molecular weight is 1460 g/mol. The Labute approximate surface area is 581 Å². The summed E-state index contributed by atoms with van der Waals surface area (Å²) in [5, 5.41) is 5.59. The van der Waals surface area contributed by atoms with Crippen LogP contribution in [-0.4, -0.2) is 136 Å². The number of hydrogen-bond acceptors (Lipinski definition) is 19. The molecule has 3 aliphatic heterocycles. The molecule has 6 N–H and O–H groups in total. The Morgan fingerprint density at radius 1 is 0.510 bits per heavy atom. The molecule has 0 saturated heterocycles. The number of rotatable bonds is 9. The molecule has 3 atom stereocenters. The summed E-state index contributed by atoms with van der Waals surface area (Å²) in [7, 11) is -7.85. The highest BCUT2D eigenvalue weighted by molar-refractivity contribution is 7.92. The Balaban J connectivity index is 0.000000231. The summed E-state index contributed by atoms with van der Waals surface area (Å²) in [4.78, 5) is 71.5. The summed E-state index contributed by atoms with van der Waals surface area (Å²) in [6.45, 7) is 14.7. The molecule has 6 aliphatic rings. The molecule has 2 aromatic heterocycles. The van der Waals surface area contributed by atoms with Crippen molar-refractivity contribution < 1.29 is 67.1 Å². The van der Waals surface area contributed by atoms with Crippen molar-refractivity contribution in [2.24, 2.45) is 20.7 Å². The van der Waals surface area contributed by atoms with E-state index in [-0.39, 0.29) is 105 Å². The van der Waals surface area contributed by atoms with Crippen LogP contribution in [0.2, 0.25) is 10.0 Å². The third-order valence-corrected chi connectivity index (χ3v) is 26.4. The number of halogens is 5. The van der Waals surface area contributed by atoms with Gasteiger partial charge >= 0.3 is 12.2 Å². The number of ether oxygens (including phenoxy) is 2. The number of aliphatic imine (C=N–C) groups is 3. The van der Waals surface area contributed by atoms with Gasteiger partial charge < -0.3 is 20.9 Å². The van der Waals surface area contributed by atoms with E-state index in [1.54, 1.807) is 67.5 Å². The number of amides is 2. The molecule has 3 fully saturated rings. The van der Waals surface area contributed by atoms with Crippen LogP contribution >= 0.6 is 23.2 Å². The van der Waals surface area contributed by atoms with Gasteiger partial charge in [0.25, 0.3) is 0 Å². The Kier molecular flexibility index (Phi) is 22.0. The molecule has 534 valence electrons. The maximum Gasteiger partial charge on any atom is 0.414 e. The average Bonchev–Trinajstić information content (AvgIpc) is 1.51. The van der Waals surface area contributed by atoms with Crippen LogP contribution in [0.15, 0.2) is 106 Å². The lowest BCUT2D eigenvalue weighted by atomic mass is 9.85. The third-order valence-electron chi connectivity index (χ3n) is 17.9. The van der Waals surface area contributed by atoms with Gasteiger partial charge in [-0.3, -0.25) is 30.2 Å².